The Kier molecular flexibility index (Phi) is 2.89. The first kappa shape index (κ1) is 14.1. The van der Waals surface area contributed by atoms with Crippen molar-refractivity contribution in [2.75, 3.05) is 0 Å². The summed E-state index contributed by atoms with van der Waals surface area (Å²) in [6.07, 6.45) is 0. The first-order chi connectivity index (χ1) is 10.4. The molecule has 22 heavy (non-hydrogen) atoms. The molecule has 0 N–H and O–H groups in total. The summed E-state index contributed by atoms with van der Waals surface area (Å²) in [6, 6.07) is 8.37. The Bertz CT molecular complexity index is 909. The number of benzene rings is 4. The maximum atomic E-state index is 6.39. The summed E-state index contributed by atoms with van der Waals surface area (Å²) in [5.74, 6) is 0. The fourth-order valence-electron chi connectivity index (χ4n) is 3.74. The molecule has 0 unspecified atom stereocenters. The van der Waals surface area contributed by atoms with Crippen molar-refractivity contribution in [3.8, 4) is 0 Å². The van der Waals surface area contributed by atoms with Gasteiger partial charge in [0.05, 0.1) is 0 Å². The molecule has 0 radical (unpaired) electrons. The fraction of sp³-hybridized carbons (Fsp3) is 0.200. The van der Waals surface area contributed by atoms with Gasteiger partial charge in [-0.25, -0.2) is 0 Å². The molecule has 2 heteroatoms. The Morgan fingerprint density at radius 3 is 0.955 bits per heavy atom. The van der Waals surface area contributed by atoms with E-state index in [4.69, 9.17) is 23.2 Å². The quantitative estimate of drug-likeness (QED) is 0.301. The Balaban J connectivity index is 2.52. The van der Waals surface area contributed by atoms with Crippen LogP contribution < -0.4 is 0 Å². The van der Waals surface area contributed by atoms with E-state index in [1.54, 1.807) is 0 Å². The van der Waals surface area contributed by atoms with Crippen LogP contribution in [0.2, 0.25) is 10.0 Å². The molecule has 4 rings (SSSR count). The lowest BCUT2D eigenvalue weighted by molar-refractivity contribution is 1.39. The fourth-order valence-corrected chi connectivity index (χ4v) is 4.18. The van der Waals surface area contributed by atoms with E-state index in [-0.39, 0.29) is 0 Å². The Morgan fingerprint density at radius 2 is 0.727 bits per heavy atom. The van der Waals surface area contributed by atoms with Gasteiger partial charge >= 0.3 is 0 Å². The van der Waals surface area contributed by atoms with E-state index < -0.39 is 0 Å². The summed E-state index contributed by atoms with van der Waals surface area (Å²) in [6.45, 7) is 8.69. The second kappa shape index (κ2) is 4.50. The van der Waals surface area contributed by atoms with Gasteiger partial charge in [0.1, 0.15) is 0 Å². The molecule has 0 aromatic heterocycles. The molecule has 0 aliphatic carbocycles. The van der Waals surface area contributed by atoms with E-state index in [1.807, 2.05) is 0 Å². The lowest BCUT2D eigenvalue weighted by Gasteiger charge is -2.20. The largest absolute Gasteiger partial charge is 0.0843 e. The van der Waals surface area contributed by atoms with Crippen molar-refractivity contribution in [3.63, 3.8) is 0 Å². The third-order valence-electron chi connectivity index (χ3n) is 5.20. The van der Waals surface area contributed by atoms with Crippen LogP contribution in [0.25, 0.3) is 32.3 Å². The van der Waals surface area contributed by atoms with Gasteiger partial charge in [-0.15, -0.1) is 0 Å². The highest BCUT2D eigenvalue weighted by Gasteiger charge is 2.18. The summed E-state index contributed by atoms with van der Waals surface area (Å²) in [7, 11) is 0. The van der Waals surface area contributed by atoms with E-state index in [0.717, 1.165) is 10.0 Å². The van der Waals surface area contributed by atoms with Gasteiger partial charge in [-0.3, -0.25) is 0 Å². The zero-order valence-electron chi connectivity index (χ0n) is 13.1. The van der Waals surface area contributed by atoms with Crippen LogP contribution in [-0.4, -0.2) is 0 Å². The zero-order valence-corrected chi connectivity index (χ0v) is 14.6. The molecular formula is C20H16Cl2. The predicted molar refractivity (Wildman–Crippen MR) is 99.1 cm³/mol. The van der Waals surface area contributed by atoms with Gasteiger partial charge in [-0.1, -0.05) is 23.2 Å². The van der Waals surface area contributed by atoms with Crippen LogP contribution >= 0.6 is 23.2 Å². The van der Waals surface area contributed by atoms with Crippen LogP contribution in [0.5, 0.6) is 0 Å². The van der Waals surface area contributed by atoms with Crippen molar-refractivity contribution >= 4 is 55.5 Å². The van der Waals surface area contributed by atoms with E-state index in [0.29, 0.717) is 0 Å². The van der Waals surface area contributed by atoms with E-state index in [1.165, 1.54) is 54.6 Å². The molecule has 110 valence electrons. The normalized spacial score (nSPS) is 12.1. The average Bonchev–Trinajstić information content (AvgIpc) is 2.48. The minimum atomic E-state index is 0.800. The van der Waals surface area contributed by atoms with Crippen molar-refractivity contribution in [2.45, 2.75) is 27.7 Å². The average molecular weight is 327 g/mol. The van der Waals surface area contributed by atoms with Crippen LogP contribution in [0, 0.1) is 27.7 Å². The molecular weight excluding hydrogens is 311 g/mol. The molecule has 0 aliphatic heterocycles. The molecule has 0 atom stereocenters. The monoisotopic (exact) mass is 326 g/mol. The molecule has 0 amide bonds. The van der Waals surface area contributed by atoms with Gasteiger partial charge < -0.3 is 0 Å². The number of halogens is 2. The third-order valence-corrected chi connectivity index (χ3v) is 5.63. The second-order valence-corrected chi connectivity index (χ2v) is 7.12. The molecule has 0 heterocycles. The topological polar surface area (TPSA) is 0 Å². The Hall–Kier alpha value is -1.50. The molecule has 0 nitrogen and oxygen atoms in total. The molecule has 4 aromatic carbocycles. The van der Waals surface area contributed by atoms with Crippen LogP contribution in [0.15, 0.2) is 24.3 Å². The molecule has 0 aliphatic rings. The van der Waals surface area contributed by atoms with E-state index in [2.05, 4.69) is 52.0 Å². The summed E-state index contributed by atoms with van der Waals surface area (Å²) in [5, 5.41) is 9.24. The third kappa shape index (κ3) is 1.66. The van der Waals surface area contributed by atoms with Crippen LogP contribution in [0.4, 0.5) is 0 Å². The van der Waals surface area contributed by atoms with Crippen molar-refractivity contribution in [3.05, 3.63) is 56.6 Å². The summed E-state index contributed by atoms with van der Waals surface area (Å²) in [5.41, 5.74) is 5.14. The smallest absolute Gasteiger partial charge is 0.0418 e. The number of aryl methyl sites for hydroxylation is 4. The molecule has 4 aromatic rings. The first-order valence-corrected chi connectivity index (χ1v) is 8.19. The lowest BCUT2D eigenvalue weighted by Crippen LogP contribution is -1.96. The molecule has 0 fully saturated rings. The summed E-state index contributed by atoms with van der Waals surface area (Å²) < 4.78 is 0. The van der Waals surface area contributed by atoms with Crippen LogP contribution in [-0.2, 0) is 0 Å². The van der Waals surface area contributed by atoms with E-state index in [9.17, 15) is 0 Å². The van der Waals surface area contributed by atoms with Gasteiger partial charge in [0, 0.05) is 10.0 Å². The number of hydrogen-bond donors (Lipinski definition) is 0. The number of hydrogen-bond acceptors (Lipinski definition) is 0. The van der Waals surface area contributed by atoms with Crippen LogP contribution in [0.3, 0.4) is 0 Å². The predicted octanol–water partition coefficient (Wildman–Crippen LogP) is 7.12. The number of rotatable bonds is 0. The Morgan fingerprint density at radius 1 is 0.500 bits per heavy atom. The van der Waals surface area contributed by atoms with Crippen LogP contribution in [0.1, 0.15) is 22.3 Å². The molecule has 0 saturated carbocycles. The maximum absolute atomic E-state index is 6.39. The minimum absolute atomic E-state index is 0.800. The molecule has 0 bridgehead atoms. The standard InChI is InChI=1S/C20H16Cl2/c1-9-10(2)16-6-14(22)8-18-12(4)11(3)17-7-13(21)5-15(9)19(17)20(16)18/h5-8H,1-4H3. The highest BCUT2D eigenvalue weighted by Crippen LogP contribution is 2.44. The van der Waals surface area contributed by atoms with Crippen molar-refractivity contribution in [2.24, 2.45) is 0 Å². The second-order valence-electron chi connectivity index (χ2n) is 6.25. The highest BCUT2D eigenvalue weighted by atomic mass is 35.5. The minimum Gasteiger partial charge on any atom is -0.0843 e. The van der Waals surface area contributed by atoms with Gasteiger partial charge in [0.2, 0.25) is 0 Å². The highest BCUT2D eigenvalue weighted by molar-refractivity contribution is 6.36. The van der Waals surface area contributed by atoms with E-state index >= 15 is 0 Å². The summed E-state index contributed by atoms with van der Waals surface area (Å²) in [4.78, 5) is 0. The molecule has 0 spiro atoms. The van der Waals surface area contributed by atoms with Gasteiger partial charge in [-0.05, 0) is 107 Å². The zero-order chi connectivity index (χ0) is 15.8. The van der Waals surface area contributed by atoms with Crippen molar-refractivity contribution in [1.29, 1.82) is 0 Å². The SMILES string of the molecule is Cc1c(C)c2cc(Cl)cc3c(C)c(C)c4cc(Cl)cc1c4c23. The van der Waals surface area contributed by atoms with Gasteiger partial charge in [0.25, 0.3) is 0 Å². The van der Waals surface area contributed by atoms with Gasteiger partial charge in [0.15, 0.2) is 0 Å². The maximum Gasteiger partial charge on any atom is 0.0418 e. The molecule has 0 saturated heterocycles. The Labute approximate surface area is 140 Å². The van der Waals surface area contributed by atoms with Crippen molar-refractivity contribution in [1.82, 2.24) is 0 Å². The lowest BCUT2D eigenvalue weighted by atomic mass is 9.84. The first-order valence-electron chi connectivity index (χ1n) is 7.44. The van der Waals surface area contributed by atoms with Gasteiger partial charge in [-0.2, -0.15) is 0 Å². The van der Waals surface area contributed by atoms with Crippen molar-refractivity contribution < 1.29 is 0 Å². The summed E-state index contributed by atoms with van der Waals surface area (Å²) >= 11 is 12.8.